The Balaban J connectivity index is 1.87. The van der Waals surface area contributed by atoms with Crippen LogP contribution in [0.25, 0.3) is 5.57 Å². The molecule has 2 aromatic carbocycles. The molecule has 120 valence electrons. The van der Waals surface area contributed by atoms with E-state index in [0.717, 1.165) is 25.0 Å². The normalized spacial score (nSPS) is 19.6. The zero-order valence-corrected chi connectivity index (χ0v) is 13.9. The van der Waals surface area contributed by atoms with Gasteiger partial charge in [0, 0.05) is 13.0 Å². The van der Waals surface area contributed by atoms with Crippen molar-refractivity contribution in [3.05, 3.63) is 89.5 Å². The molecule has 3 rings (SSSR count). The molecule has 0 saturated heterocycles. The van der Waals surface area contributed by atoms with Crippen molar-refractivity contribution in [2.24, 2.45) is 0 Å². The van der Waals surface area contributed by atoms with Crippen LogP contribution in [0.2, 0.25) is 0 Å². The molecule has 1 unspecified atom stereocenters. The number of hydrogen-bond donors (Lipinski definition) is 0. The van der Waals surface area contributed by atoms with Crippen LogP contribution in [0.4, 0.5) is 0 Å². The first-order chi connectivity index (χ1) is 11.8. The summed E-state index contributed by atoms with van der Waals surface area (Å²) in [6.45, 7) is 2.86. The fraction of sp³-hybridized carbons (Fsp3) is 0.227. The van der Waals surface area contributed by atoms with Crippen molar-refractivity contribution in [2.75, 3.05) is 6.61 Å². The van der Waals surface area contributed by atoms with Crippen molar-refractivity contribution >= 4 is 5.57 Å². The van der Waals surface area contributed by atoms with Gasteiger partial charge in [-0.1, -0.05) is 61.5 Å². The fourth-order valence-corrected chi connectivity index (χ4v) is 2.98. The van der Waals surface area contributed by atoms with Crippen LogP contribution in [0.15, 0.2) is 72.8 Å². The van der Waals surface area contributed by atoms with Gasteiger partial charge in [-0.05, 0) is 41.3 Å². The van der Waals surface area contributed by atoms with Gasteiger partial charge in [0.1, 0.15) is 5.60 Å². The number of ether oxygens (including phenoxy) is 1. The predicted octanol–water partition coefficient (Wildman–Crippen LogP) is 5.22. The third-order valence-electron chi connectivity index (χ3n) is 4.33. The summed E-state index contributed by atoms with van der Waals surface area (Å²) in [6, 6.07) is 20.3. The quantitative estimate of drug-likeness (QED) is 0.757. The van der Waals surface area contributed by atoms with Crippen LogP contribution in [-0.2, 0) is 10.3 Å². The maximum atomic E-state index is 8.92. The minimum absolute atomic E-state index is 0.382. The lowest BCUT2D eigenvalue weighted by Gasteiger charge is -2.33. The average molecular weight is 315 g/mol. The van der Waals surface area contributed by atoms with Crippen LogP contribution < -0.4 is 0 Å². The van der Waals surface area contributed by atoms with Gasteiger partial charge in [0.05, 0.1) is 11.6 Å². The van der Waals surface area contributed by atoms with Gasteiger partial charge in [0.15, 0.2) is 0 Å². The number of nitrogens with zero attached hydrogens (tertiary/aromatic N) is 1. The van der Waals surface area contributed by atoms with Crippen molar-refractivity contribution in [1.82, 2.24) is 0 Å². The lowest BCUT2D eigenvalue weighted by Crippen LogP contribution is -2.28. The smallest absolute Gasteiger partial charge is 0.115 e. The van der Waals surface area contributed by atoms with E-state index in [1.807, 2.05) is 30.3 Å². The van der Waals surface area contributed by atoms with Crippen molar-refractivity contribution in [2.45, 2.75) is 25.4 Å². The minimum atomic E-state index is -0.382. The van der Waals surface area contributed by atoms with Gasteiger partial charge in [-0.3, -0.25) is 0 Å². The maximum Gasteiger partial charge on any atom is 0.115 e. The summed E-state index contributed by atoms with van der Waals surface area (Å²) in [6.07, 6.45) is 8.33. The van der Waals surface area contributed by atoms with Gasteiger partial charge >= 0.3 is 0 Å². The van der Waals surface area contributed by atoms with Gasteiger partial charge in [0.25, 0.3) is 0 Å². The molecule has 0 saturated carbocycles. The highest BCUT2D eigenvalue weighted by Gasteiger charge is 2.31. The summed E-state index contributed by atoms with van der Waals surface area (Å²) in [5, 5.41) is 8.92. The number of hydrogen-bond acceptors (Lipinski definition) is 2. The Morgan fingerprint density at radius 3 is 2.42 bits per heavy atom. The molecule has 1 atom stereocenters. The maximum absolute atomic E-state index is 8.92. The number of benzene rings is 2. The predicted molar refractivity (Wildman–Crippen MR) is 97.3 cm³/mol. The fourth-order valence-electron chi connectivity index (χ4n) is 2.98. The molecule has 0 aromatic heterocycles. The molecule has 2 nitrogen and oxygen atoms in total. The van der Waals surface area contributed by atoms with E-state index in [4.69, 9.17) is 10.00 Å². The summed E-state index contributed by atoms with van der Waals surface area (Å²) >= 11 is 0. The van der Waals surface area contributed by atoms with E-state index in [2.05, 4.69) is 55.5 Å². The van der Waals surface area contributed by atoms with Crippen molar-refractivity contribution in [3.63, 3.8) is 0 Å². The van der Waals surface area contributed by atoms with E-state index < -0.39 is 0 Å². The number of rotatable bonds is 5. The largest absolute Gasteiger partial charge is 0.366 e. The molecule has 2 heteroatoms. The van der Waals surface area contributed by atoms with Gasteiger partial charge in [-0.15, -0.1) is 0 Å². The third kappa shape index (κ3) is 3.32. The van der Waals surface area contributed by atoms with Gasteiger partial charge < -0.3 is 4.74 Å². The van der Waals surface area contributed by atoms with Crippen LogP contribution >= 0.6 is 0 Å². The van der Waals surface area contributed by atoms with Gasteiger partial charge in [-0.25, -0.2) is 0 Å². The number of allylic oxidation sites excluding steroid dienone is 2. The minimum Gasteiger partial charge on any atom is -0.366 e. The van der Waals surface area contributed by atoms with Crippen molar-refractivity contribution in [1.29, 1.82) is 5.26 Å². The summed E-state index contributed by atoms with van der Waals surface area (Å²) in [7, 11) is 0. The highest BCUT2D eigenvalue weighted by molar-refractivity contribution is 5.76. The molecule has 0 spiro atoms. The molecular formula is C22H21NO. The second kappa shape index (κ2) is 7.29. The lowest BCUT2D eigenvalue weighted by atomic mass is 9.84. The Kier molecular flexibility index (Phi) is 4.93. The second-order valence-corrected chi connectivity index (χ2v) is 5.99. The lowest BCUT2D eigenvalue weighted by molar-refractivity contribution is -0.0106. The number of nitriles is 1. The third-order valence-corrected chi connectivity index (χ3v) is 4.33. The Hall–Kier alpha value is -2.63. The Bertz CT molecular complexity index is 781. The molecule has 0 radical (unpaired) electrons. The van der Waals surface area contributed by atoms with Crippen LogP contribution in [0.1, 0.15) is 36.5 Å². The Morgan fingerprint density at radius 1 is 1.08 bits per heavy atom. The SMILES string of the molecule is CCCOC1(c2ccccc2)C=CC(c2ccc(C#N)cc2)=CC1. The molecule has 0 N–H and O–H groups in total. The summed E-state index contributed by atoms with van der Waals surface area (Å²) in [5.41, 5.74) is 3.79. The van der Waals surface area contributed by atoms with Crippen molar-refractivity contribution < 1.29 is 4.74 Å². The molecule has 2 aromatic rings. The average Bonchev–Trinajstić information content (AvgIpc) is 2.67. The molecule has 0 amide bonds. The molecule has 0 fully saturated rings. The van der Waals surface area contributed by atoms with E-state index in [-0.39, 0.29) is 5.60 Å². The highest BCUT2D eigenvalue weighted by atomic mass is 16.5. The van der Waals surface area contributed by atoms with Crippen molar-refractivity contribution in [3.8, 4) is 6.07 Å². The molecule has 1 aliphatic rings. The molecule has 1 aliphatic carbocycles. The highest BCUT2D eigenvalue weighted by Crippen LogP contribution is 2.37. The first-order valence-electron chi connectivity index (χ1n) is 8.37. The van der Waals surface area contributed by atoms with E-state index in [0.29, 0.717) is 5.56 Å². The van der Waals surface area contributed by atoms with Crippen LogP contribution in [0, 0.1) is 11.3 Å². The molecule has 0 heterocycles. The summed E-state index contributed by atoms with van der Waals surface area (Å²) < 4.78 is 6.25. The first-order valence-corrected chi connectivity index (χ1v) is 8.37. The topological polar surface area (TPSA) is 33.0 Å². The zero-order valence-electron chi connectivity index (χ0n) is 13.9. The van der Waals surface area contributed by atoms with Gasteiger partial charge in [0.2, 0.25) is 0 Å². The molecule has 0 aliphatic heterocycles. The van der Waals surface area contributed by atoms with E-state index in [9.17, 15) is 0 Å². The van der Waals surface area contributed by atoms with Crippen LogP contribution in [-0.4, -0.2) is 6.61 Å². The van der Waals surface area contributed by atoms with E-state index in [1.54, 1.807) is 0 Å². The molecule has 0 bridgehead atoms. The second-order valence-electron chi connectivity index (χ2n) is 5.99. The molecule has 24 heavy (non-hydrogen) atoms. The van der Waals surface area contributed by atoms with E-state index >= 15 is 0 Å². The van der Waals surface area contributed by atoms with Gasteiger partial charge in [-0.2, -0.15) is 5.26 Å². The van der Waals surface area contributed by atoms with Crippen LogP contribution in [0.3, 0.4) is 0 Å². The zero-order chi connectivity index (χ0) is 16.8. The standard InChI is InChI=1S/C22H21NO/c1-2-16-24-22(21-6-4-3-5-7-21)14-12-20(13-15-22)19-10-8-18(17-23)9-11-19/h3-14H,2,15-16H2,1H3. The van der Waals surface area contributed by atoms with E-state index in [1.165, 1.54) is 11.1 Å². The first kappa shape index (κ1) is 16.2. The molecular weight excluding hydrogens is 294 g/mol. The Labute approximate surface area is 143 Å². The van der Waals surface area contributed by atoms with Crippen LogP contribution in [0.5, 0.6) is 0 Å². The monoisotopic (exact) mass is 315 g/mol. The summed E-state index contributed by atoms with van der Waals surface area (Å²) in [5.74, 6) is 0. The summed E-state index contributed by atoms with van der Waals surface area (Å²) in [4.78, 5) is 0. The Morgan fingerprint density at radius 2 is 1.83 bits per heavy atom.